The molecule has 0 saturated heterocycles. The summed E-state index contributed by atoms with van der Waals surface area (Å²) in [4.78, 5) is 21.9. The van der Waals surface area contributed by atoms with Gasteiger partial charge in [-0.05, 0) is 11.5 Å². The van der Waals surface area contributed by atoms with Crippen molar-refractivity contribution in [3.63, 3.8) is 0 Å². The summed E-state index contributed by atoms with van der Waals surface area (Å²) in [5.41, 5.74) is 0. The first-order valence-electron chi connectivity index (χ1n) is 6.72. The maximum absolute atomic E-state index is 11.7. The molecule has 0 bridgehead atoms. The third-order valence-corrected chi connectivity index (χ3v) is 2.79. The lowest BCUT2D eigenvalue weighted by Crippen LogP contribution is -2.18. The van der Waals surface area contributed by atoms with Crippen molar-refractivity contribution in [2.45, 2.75) is 0 Å². The molecule has 0 amide bonds. The largest absolute Gasteiger partial charge is 0.480 e. The number of carboxylic acid groups (broad SMARTS) is 1. The number of hydrogen-bond donors (Lipinski definition) is 1. The minimum Gasteiger partial charge on any atom is -0.480 e. The number of ether oxygens (including phenoxy) is 3. The predicted molar refractivity (Wildman–Crippen MR) is 78.9 cm³/mol. The van der Waals surface area contributed by atoms with Crippen LogP contribution in [0, 0.1) is 0 Å². The summed E-state index contributed by atoms with van der Waals surface area (Å²) in [6.07, 6.45) is 0. The molecule has 0 fully saturated rings. The zero-order valence-corrected chi connectivity index (χ0v) is 11.9. The van der Waals surface area contributed by atoms with Gasteiger partial charge in [0, 0.05) is 5.39 Å². The Morgan fingerprint density at radius 3 is 2.36 bits per heavy atom. The van der Waals surface area contributed by atoms with Crippen LogP contribution in [0.15, 0.2) is 42.5 Å². The molecule has 1 N–H and O–H groups in total. The molecule has 0 atom stereocenters. The average Bonchev–Trinajstić information content (AvgIpc) is 2.51. The maximum atomic E-state index is 11.7. The second-order valence-electron chi connectivity index (χ2n) is 4.45. The molecule has 22 heavy (non-hydrogen) atoms. The standard InChI is InChI=1S/C16H16O6/c17-15(18)10-20-8-9-21-11-16(19)22-14-7-3-5-12-4-1-2-6-13(12)14/h1-7H,8-11H2,(H,17,18). The first kappa shape index (κ1) is 15.9. The van der Waals surface area contributed by atoms with Gasteiger partial charge in [-0.15, -0.1) is 0 Å². The number of carbonyl (C=O) groups excluding carboxylic acids is 1. The van der Waals surface area contributed by atoms with E-state index in [1.807, 2.05) is 36.4 Å². The highest BCUT2D eigenvalue weighted by atomic mass is 16.6. The Labute approximate surface area is 127 Å². The van der Waals surface area contributed by atoms with Crippen LogP contribution in [0.3, 0.4) is 0 Å². The van der Waals surface area contributed by atoms with Crippen LogP contribution >= 0.6 is 0 Å². The lowest BCUT2D eigenvalue weighted by atomic mass is 10.1. The number of aliphatic carboxylic acids is 1. The Balaban J connectivity index is 1.78. The van der Waals surface area contributed by atoms with E-state index in [2.05, 4.69) is 0 Å². The molecule has 116 valence electrons. The Morgan fingerprint density at radius 2 is 1.59 bits per heavy atom. The van der Waals surface area contributed by atoms with Gasteiger partial charge < -0.3 is 19.3 Å². The van der Waals surface area contributed by atoms with Crippen LogP contribution in [-0.2, 0) is 19.1 Å². The number of esters is 1. The average molecular weight is 304 g/mol. The maximum Gasteiger partial charge on any atom is 0.337 e. The van der Waals surface area contributed by atoms with Gasteiger partial charge in [0.25, 0.3) is 0 Å². The van der Waals surface area contributed by atoms with Crippen LogP contribution in [0.1, 0.15) is 0 Å². The molecule has 0 saturated carbocycles. The molecule has 2 rings (SSSR count). The van der Waals surface area contributed by atoms with Crippen molar-refractivity contribution in [1.82, 2.24) is 0 Å². The van der Waals surface area contributed by atoms with Crippen LogP contribution < -0.4 is 4.74 Å². The normalized spacial score (nSPS) is 10.5. The minimum atomic E-state index is -1.05. The van der Waals surface area contributed by atoms with Gasteiger partial charge in [-0.25, -0.2) is 9.59 Å². The fraction of sp³-hybridized carbons (Fsp3) is 0.250. The molecule has 6 nitrogen and oxygen atoms in total. The van der Waals surface area contributed by atoms with Crippen LogP contribution in [0.5, 0.6) is 5.75 Å². The van der Waals surface area contributed by atoms with Crippen LogP contribution in [0.2, 0.25) is 0 Å². The van der Waals surface area contributed by atoms with Gasteiger partial charge in [-0.3, -0.25) is 0 Å². The van der Waals surface area contributed by atoms with Crippen molar-refractivity contribution in [3.05, 3.63) is 42.5 Å². The molecule has 0 radical (unpaired) electrons. The van der Waals surface area contributed by atoms with E-state index in [9.17, 15) is 9.59 Å². The Bertz CT molecular complexity index is 647. The summed E-state index contributed by atoms with van der Waals surface area (Å²) in [5.74, 6) is -1.08. The summed E-state index contributed by atoms with van der Waals surface area (Å²) in [6.45, 7) is -0.380. The molecule has 0 aliphatic rings. The molecule has 2 aromatic carbocycles. The molecule has 6 heteroatoms. The lowest BCUT2D eigenvalue weighted by molar-refractivity contribution is -0.144. The summed E-state index contributed by atoms with van der Waals surface area (Å²) >= 11 is 0. The van der Waals surface area contributed by atoms with Gasteiger partial charge in [0.2, 0.25) is 0 Å². The number of carbonyl (C=O) groups is 2. The molecular weight excluding hydrogens is 288 g/mol. The molecule has 2 aromatic rings. The van der Waals surface area contributed by atoms with E-state index in [1.54, 1.807) is 6.07 Å². The van der Waals surface area contributed by atoms with Crippen molar-refractivity contribution in [1.29, 1.82) is 0 Å². The Morgan fingerprint density at radius 1 is 0.909 bits per heavy atom. The van der Waals surface area contributed by atoms with Gasteiger partial charge in [0.15, 0.2) is 0 Å². The van der Waals surface area contributed by atoms with Crippen molar-refractivity contribution >= 4 is 22.7 Å². The smallest absolute Gasteiger partial charge is 0.337 e. The Kier molecular flexibility index (Phi) is 5.88. The highest BCUT2D eigenvalue weighted by Crippen LogP contribution is 2.25. The second kappa shape index (κ2) is 8.11. The molecule has 0 aliphatic carbocycles. The summed E-state index contributed by atoms with van der Waals surface area (Å²) in [5, 5.41) is 10.2. The van der Waals surface area contributed by atoms with E-state index < -0.39 is 11.9 Å². The SMILES string of the molecule is O=C(O)COCCOCC(=O)Oc1cccc2ccccc12. The van der Waals surface area contributed by atoms with Gasteiger partial charge >= 0.3 is 11.9 Å². The van der Waals surface area contributed by atoms with E-state index in [4.69, 9.17) is 19.3 Å². The summed E-state index contributed by atoms with van der Waals surface area (Å²) < 4.78 is 15.1. The number of benzene rings is 2. The fourth-order valence-corrected chi connectivity index (χ4v) is 1.87. The number of fused-ring (bicyclic) bond motifs is 1. The van der Waals surface area contributed by atoms with E-state index in [0.29, 0.717) is 5.75 Å². The molecule has 0 unspecified atom stereocenters. The van der Waals surface area contributed by atoms with Crippen molar-refractivity contribution < 1.29 is 28.9 Å². The first-order valence-corrected chi connectivity index (χ1v) is 6.72. The van der Waals surface area contributed by atoms with Gasteiger partial charge in [0.05, 0.1) is 13.2 Å². The molecule has 0 spiro atoms. The van der Waals surface area contributed by atoms with Crippen molar-refractivity contribution in [2.24, 2.45) is 0 Å². The van der Waals surface area contributed by atoms with Crippen LogP contribution in [0.25, 0.3) is 10.8 Å². The molecule has 0 aliphatic heterocycles. The summed E-state index contributed by atoms with van der Waals surface area (Å²) in [7, 11) is 0. The second-order valence-corrected chi connectivity index (χ2v) is 4.45. The monoisotopic (exact) mass is 304 g/mol. The Hall–Kier alpha value is -2.44. The van der Waals surface area contributed by atoms with Gasteiger partial charge in [-0.2, -0.15) is 0 Å². The number of carboxylic acids is 1. The summed E-state index contributed by atoms with van der Waals surface area (Å²) in [6, 6.07) is 13.1. The van der Waals surface area contributed by atoms with Gasteiger partial charge in [-0.1, -0.05) is 36.4 Å². The van der Waals surface area contributed by atoms with Crippen molar-refractivity contribution in [2.75, 3.05) is 26.4 Å². The molecular formula is C16H16O6. The van der Waals surface area contributed by atoms with E-state index >= 15 is 0 Å². The topological polar surface area (TPSA) is 82.1 Å². The van der Waals surface area contributed by atoms with Crippen LogP contribution in [-0.4, -0.2) is 43.5 Å². The third kappa shape index (κ3) is 4.83. The molecule has 0 heterocycles. The number of hydrogen-bond acceptors (Lipinski definition) is 5. The first-order chi connectivity index (χ1) is 10.7. The third-order valence-electron chi connectivity index (χ3n) is 2.79. The van der Waals surface area contributed by atoms with E-state index in [-0.39, 0.29) is 26.4 Å². The van der Waals surface area contributed by atoms with Gasteiger partial charge in [0.1, 0.15) is 19.0 Å². The number of rotatable bonds is 8. The zero-order chi connectivity index (χ0) is 15.8. The van der Waals surface area contributed by atoms with Crippen molar-refractivity contribution in [3.8, 4) is 5.75 Å². The molecule has 0 aromatic heterocycles. The van der Waals surface area contributed by atoms with E-state index in [0.717, 1.165) is 10.8 Å². The zero-order valence-electron chi connectivity index (χ0n) is 11.9. The fourth-order valence-electron chi connectivity index (χ4n) is 1.87. The predicted octanol–water partition coefficient (Wildman–Crippen LogP) is 1.86. The lowest BCUT2D eigenvalue weighted by Gasteiger charge is -2.08. The van der Waals surface area contributed by atoms with E-state index in [1.165, 1.54) is 0 Å². The quantitative estimate of drug-likeness (QED) is 0.455. The highest BCUT2D eigenvalue weighted by Gasteiger charge is 2.08. The highest BCUT2D eigenvalue weighted by molar-refractivity contribution is 5.90. The van der Waals surface area contributed by atoms with Crippen LogP contribution in [0.4, 0.5) is 0 Å². The minimum absolute atomic E-state index is 0.105.